The van der Waals surface area contributed by atoms with Crippen LogP contribution in [-0.2, 0) is 4.79 Å². The molecule has 0 atom stereocenters. The summed E-state index contributed by atoms with van der Waals surface area (Å²) in [7, 11) is 0. The first-order valence-electron chi connectivity index (χ1n) is 5.47. The summed E-state index contributed by atoms with van der Waals surface area (Å²) < 4.78 is 0. The zero-order valence-corrected chi connectivity index (χ0v) is 9.85. The summed E-state index contributed by atoms with van der Waals surface area (Å²) in [6.45, 7) is -0.00173. The molecule has 2 aromatic rings. The van der Waals surface area contributed by atoms with Gasteiger partial charge in [-0.05, 0) is 12.1 Å². The van der Waals surface area contributed by atoms with E-state index >= 15 is 0 Å². The minimum absolute atomic E-state index is 0.00173. The number of nitrogens with one attached hydrogen (secondary N) is 1. The Morgan fingerprint density at radius 2 is 2.26 bits per heavy atom. The molecule has 0 spiro atoms. The lowest BCUT2D eigenvalue weighted by atomic mass is 10.2. The van der Waals surface area contributed by atoms with Gasteiger partial charge >= 0.3 is 5.97 Å². The van der Waals surface area contributed by atoms with Crippen molar-refractivity contribution in [3.63, 3.8) is 0 Å². The highest BCUT2D eigenvalue weighted by atomic mass is 16.4. The van der Waals surface area contributed by atoms with E-state index < -0.39 is 5.97 Å². The second kappa shape index (κ2) is 5.71. The molecule has 2 heterocycles. The largest absolute Gasteiger partial charge is 0.481 e. The fraction of sp³-hybridized carbons (Fsp3) is 0.182. The van der Waals surface area contributed by atoms with Crippen molar-refractivity contribution in [1.82, 2.24) is 20.2 Å². The SMILES string of the molecule is O=C(O)CCN(C(=O)c1cccnc1)c1ncn[nH]1. The Labute approximate surface area is 108 Å². The molecule has 0 unspecified atom stereocenters. The van der Waals surface area contributed by atoms with Gasteiger partial charge in [-0.25, -0.2) is 5.10 Å². The molecular formula is C11H11N5O3. The highest BCUT2D eigenvalue weighted by molar-refractivity contribution is 6.05. The fourth-order valence-electron chi connectivity index (χ4n) is 1.49. The van der Waals surface area contributed by atoms with Crippen LogP contribution in [0.3, 0.4) is 0 Å². The molecule has 0 aliphatic carbocycles. The quantitative estimate of drug-likeness (QED) is 0.801. The Kier molecular flexibility index (Phi) is 3.81. The second-order valence-electron chi connectivity index (χ2n) is 3.65. The van der Waals surface area contributed by atoms with Crippen LogP contribution in [0, 0.1) is 0 Å². The van der Waals surface area contributed by atoms with Crippen LogP contribution < -0.4 is 4.90 Å². The lowest BCUT2D eigenvalue weighted by molar-refractivity contribution is -0.136. The molecule has 98 valence electrons. The second-order valence-corrected chi connectivity index (χ2v) is 3.65. The minimum atomic E-state index is -0.997. The molecule has 0 aliphatic heterocycles. The maximum Gasteiger partial charge on any atom is 0.305 e. The molecule has 0 radical (unpaired) electrons. The van der Waals surface area contributed by atoms with Crippen LogP contribution >= 0.6 is 0 Å². The molecule has 19 heavy (non-hydrogen) atoms. The van der Waals surface area contributed by atoms with Crippen LogP contribution in [0.4, 0.5) is 5.95 Å². The smallest absolute Gasteiger partial charge is 0.305 e. The third-order valence-electron chi connectivity index (χ3n) is 2.36. The van der Waals surface area contributed by atoms with Gasteiger partial charge in [0, 0.05) is 18.9 Å². The van der Waals surface area contributed by atoms with Gasteiger partial charge < -0.3 is 5.11 Å². The van der Waals surface area contributed by atoms with Gasteiger partial charge in [0.05, 0.1) is 12.0 Å². The minimum Gasteiger partial charge on any atom is -0.481 e. The number of pyridine rings is 1. The monoisotopic (exact) mass is 261 g/mol. The van der Waals surface area contributed by atoms with Crippen molar-refractivity contribution in [2.45, 2.75) is 6.42 Å². The van der Waals surface area contributed by atoms with Crippen LogP contribution in [0.15, 0.2) is 30.9 Å². The number of carboxylic acids is 1. The summed E-state index contributed by atoms with van der Waals surface area (Å²) >= 11 is 0. The molecule has 0 fully saturated rings. The van der Waals surface area contributed by atoms with E-state index in [1.165, 1.54) is 17.4 Å². The first kappa shape index (κ1) is 12.7. The average Bonchev–Trinajstić information content (AvgIpc) is 2.93. The molecule has 1 amide bonds. The summed E-state index contributed by atoms with van der Waals surface area (Å²) in [5.74, 6) is -1.18. The molecule has 2 rings (SSSR count). The van der Waals surface area contributed by atoms with E-state index in [-0.39, 0.29) is 24.8 Å². The first-order valence-corrected chi connectivity index (χ1v) is 5.47. The summed E-state index contributed by atoms with van der Waals surface area (Å²) in [5, 5.41) is 14.9. The summed E-state index contributed by atoms with van der Waals surface area (Å²) in [5.41, 5.74) is 0.351. The molecule has 0 saturated carbocycles. The molecule has 0 aromatic carbocycles. The number of hydrogen-bond acceptors (Lipinski definition) is 5. The Morgan fingerprint density at radius 1 is 1.42 bits per heavy atom. The topological polar surface area (TPSA) is 112 Å². The van der Waals surface area contributed by atoms with Crippen molar-refractivity contribution in [3.05, 3.63) is 36.4 Å². The first-order chi connectivity index (χ1) is 9.18. The van der Waals surface area contributed by atoms with Gasteiger partial charge in [-0.15, -0.1) is 0 Å². The van der Waals surface area contributed by atoms with Crippen molar-refractivity contribution in [2.24, 2.45) is 0 Å². The average molecular weight is 261 g/mol. The third kappa shape index (κ3) is 3.12. The van der Waals surface area contributed by atoms with E-state index in [1.54, 1.807) is 18.3 Å². The molecule has 2 aromatic heterocycles. The van der Waals surface area contributed by atoms with Crippen LogP contribution in [-0.4, -0.2) is 43.7 Å². The van der Waals surface area contributed by atoms with E-state index in [4.69, 9.17) is 5.11 Å². The number of hydrogen-bond donors (Lipinski definition) is 2. The van der Waals surface area contributed by atoms with Crippen LogP contribution in [0.25, 0.3) is 0 Å². The molecular weight excluding hydrogens is 250 g/mol. The van der Waals surface area contributed by atoms with Gasteiger partial charge in [-0.2, -0.15) is 10.1 Å². The molecule has 0 bridgehead atoms. The van der Waals surface area contributed by atoms with E-state index in [9.17, 15) is 9.59 Å². The molecule has 8 nitrogen and oxygen atoms in total. The Bertz CT molecular complexity index is 555. The number of amides is 1. The maximum atomic E-state index is 12.3. The van der Waals surface area contributed by atoms with Gasteiger partial charge in [0.15, 0.2) is 0 Å². The number of carbonyl (C=O) groups excluding carboxylic acids is 1. The lowest BCUT2D eigenvalue weighted by Crippen LogP contribution is -2.34. The Morgan fingerprint density at radius 3 is 2.84 bits per heavy atom. The van der Waals surface area contributed by atoms with Gasteiger partial charge in [0.25, 0.3) is 5.91 Å². The van der Waals surface area contributed by atoms with E-state index in [0.29, 0.717) is 5.56 Å². The van der Waals surface area contributed by atoms with Crippen molar-refractivity contribution in [1.29, 1.82) is 0 Å². The number of rotatable bonds is 5. The zero-order chi connectivity index (χ0) is 13.7. The molecule has 2 N–H and O–H groups in total. The number of aromatic nitrogens is 4. The number of carboxylic acid groups (broad SMARTS) is 1. The summed E-state index contributed by atoms with van der Waals surface area (Å²) in [4.78, 5) is 31.8. The standard InChI is InChI=1S/C11H11N5O3/c17-9(18)3-5-16(11-13-7-14-15-11)10(19)8-2-1-4-12-6-8/h1-2,4,6-7H,3,5H2,(H,17,18)(H,13,14,15). The van der Waals surface area contributed by atoms with Crippen LogP contribution in [0.2, 0.25) is 0 Å². The van der Waals surface area contributed by atoms with Gasteiger partial charge in [-0.1, -0.05) is 0 Å². The molecule has 8 heteroatoms. The van der Waals surface area contributed by atoms with Crippen molar-refractivity contribution in [2.75, 3.05) is 11.4 Å². The number of aromatic amines is 1. The Balaban J connectivity index is 2.22. The third-order valence-corrected chi connectivity index (χ3v) is 2.36. The predicted molar refractivity (Wildman–Crippen MR) is 64.5 cm³/mol. The van der Waals surface area contributed by atoms with Gasteiger partial charge in [0.1, 0.15) is 6.33 Å². The van der Waals surface area contributed by atoms with E-state index in [2.05, 4.69) is 20.2 Å². The maximum absolute atomic E-state index is 12.3. The zero-order valence-electron chi connectivity index (χ0n) is 9.85. The van der Waals surface area contributed by atoms with Crippen molar-refractivity contribution >= 4 is 17.8 Å². The van der Waals surface area contributed by atoms with Crippen LogP contribution in [0.1, 0.15) is 16.8 Å². The number of H-pyrrole nitrogens is 1. The Hall–Kier alpha value is -2.77. The molecule has 0 saturated heterocycles. The van der Waals surface area contributed by atoms with Gasteiger partial charge in [-0.3, -0.25) is 19.5 Å². The highest BCUT2D eigenvalue weighted by Crippen LogP contribution is 2.11. The van der Waals surface area contributed by atoms with E-state index in [0.717, 1.165) is 0 Å². The lowest BCUT2D eigenvalue weighted by Gasteiger charge is -2.18. The van der Waals surface area contributed by atoms with E-state index in [1.807, 2.05) is 0 Å². The highest BCUT2D eigenvalue weighted by Gasteiger charge is 2.20. The van der Waals surface area contributed by atoms with Gasteiger partial charge in [0.2, 0.25) is 5.95 Å². The van der Waals surface area contributed by atoms with Crippen molar-refractivity contribution < 1.29 is 14.7 Å². The summed E-state index contributed by atoms with van der Waals surface area (Å²) in [6.07, 6.45) is 4.02. The predicted octanol–water partition coefficient (Wildman–Crippen LogP) is 0.321. The molecule has 0 aliphatic rings. The number of nitrogens with zero attached hydrogens (tertiary/aromatic N) is 4. The number of carbonyl (C=O) groups is 2. The number of aliphatic carboxylic acids is 1. The number of anilines is 1. The fourth-order valence-corrected chi connectivity index (χ4v) is 1.49. The normalized spacial score (nSPS) is 10.1. The summed E-state index contributed by atoms with van der Waals surface area (Å²) in [6, 6.07) is 3.22. The van der Waals surface area contributed by atoms with Crippen LogP contribution in [0.5, 0.6) is 0 Å². The van der Waals surface area contributed by atoms with Crippen molar-refractivity contribution in [3.8, 4) is 0 Å².